The normalized spacial score (nSPS) is 9.81. The van der Waals surface area contributed by atoms with Gasteiger partial charge in [0.05, 0.1) is 0 Å². The van der Waals surface area contributed by atoms with E-state index in [2.05, 4.69) is 10.6 Å². The van der Waals surface area contributed by atoms with Gasteiger partial charge in [-0.3, -0.25) is 14.5 Å². The highest BCUT2D eigenvalue weighted by atomic mass is 16.4. The first-order valence-corrected chi connectivity index (χ1v) is 6.48. The first kappa shape index (κ1) is 16.5. The minimum Gasteiger partial charge on any atom is -0.480 e. The zero-order valence-electron chi connectivity index (χ0n) is 12.0. The highest BCUT2D eigenvalue weighted by Gasteiger charge is 2.18. The fraction of sp³-hybridized carbons (Fsp3) is 0.357. The SMILES string of the molecule is CNC(=O)CCNC(=O)N(CC(=O)O)c1ccc(C)cc1. The molecule has 0 fully saturated rings. The summed E-state index contributed by atoms with van der Waals surface area (Å²) in [5.74, 6) is -1.31. The molecule has 7 heteroatoms. The number of nitrogens with one attached hydrogen (secondary N) is 2. The van der Waals surface area contributed by atoms with Gasteiger partial charge in [-0.1, -0.05) is 17.7 Å². The summed E-state index contributed by atoms with van der Waals surface area (Å²) in [6, 6.07) is 6.39. The molecule has 0 aromatic heterocycles. The molecule has 0 heterocycles. The summed E-state index contributed by atoms with van der Waals surface area (Å²) in [5, 5.41) is 13.9. The number of carbonyl (C=O) groups is 3. The molecule has 21 heavy (non-hydrogen) atoms. The molecule has 0 saturated heterocycles. The van der Waals surface area contributed by atoms with Gasteiger partial charge >= 0.3 is 12.0 Å². The Labute approximate surface area is 122 Å². The van der Waals surface area contributed by atoms with Gasteiger partial charge in [0, 0.05) is 25.7 Å². The monoisotopic (exact) mass is 293 g/mol. The van der Waals surface area contributed by atoms with Crippen LogP contribution < -0.4 is 15.5 Å². The lowest BCUT2D eigenvalue weighted by molar-refractivity contribution is -0.135. The van der Waals surface area contributed by atoms with Gasteiger partial charge < -0.3 is 15.7 Å². The summed E-state index contributed by atoms with van der Waals surface area (Å²) in [7, 11) is 1.51. The molecule has 0 unspecified atom stereocenters. The van der Waals surface area contributed by atoms with Gasteiger partial charge in [-0.05, 0) is 19.1 Å². The van der Waals surface area contributed by atoms with E-state index in [1.54, 1.807) is 24.3 Å². The molecule has 1 aromatic carbocycles. The van der Waals surface area contributed by atoms with Crippen molar-refractivity contribution >= 4 is 23.6 Å². The second kappa shape index (κ2) is 7.88. The van der Waals surface area contributed by atoms with Crippen LogP contribution in [0.2, 0.25) is 0 Å². The van der Waals surface area contributed by atoms with Crippen LogP contribution in [0.15, 0.2) is 24.3 Å². The van der Waals surface area contributed by atoms with Crippen molar-refractivity contribution in [1.82, 2.24) is 10.6 Å². The number of benzene rings is 1. The number of carboxylic acids is 1. The maximum absolute atomic E-state index is 12.1. The van der Waals surface area contributed by atoms with Crippen LogP contribution in [0.25, 0.3) is 0 Å². The molecule has 0 spiro atoms. The lowest BCUT2D eigenvalue weighted by Gasteiger charge is -2.21. The highest BCUT2D eigenvalue weighted by Crippen LogP contribution is 2.15. The van der Waals surface area contributed by atoms with Crippen molar-refractivity contribution in [3.8, 4) is 0 Å². The summed E-state index contributed by atoms with van der Waals surface area (Å²) in [5.41, 5.74) is 1.49. The lowest BCUT2D eigenvalue weighted by atomic mass is 10.2. The van der Waals surface area contributed by atoms with Crippen molar-refractivity contribution in [3.05, 3.63) is 29.8 Å². The number of urea groups is 1. The first-order chi connectivity index (χ1) is 9.93. The van der Waals surface area contributed by atoms with E-state index >= 15 is 0 Å². The van der Waals surface area contributed by atoms with Gasteiger partial charge in [0.15, 0.2) is 0 Å². The minimum absolute atomic E-state index is 0.136. The van der Waals surface area contributed by atoms with E-state index in [4.69, 9.17) is 5.11 Å². The number of nitrogens with zero attached hydrogens (tertiary/aromatic N) is 1. The molecule has 0 aliphatic heterocycles. The van der Waals surface area contributed by atoms with E-state index < -0.39 is 18.5 Å². The standard InChI is InChI=1S/C14H19N3O4/c1-10-3-5-11(6-4-10)17(9-13(19)20)14(21)16-8-7-12(18)15-2/h3-6H,7-9H2,1-2H3,(H,15,18)(H,16,21)(H,19,20). The maximum Gasteiger partial charge on any atom is 0.323 e. The van der Waals surface area contributed by atoms with Crippen molar-refractivity contribution in [2.75, 3.05) is 25.0 Å². The highest BCUT2D eigenvalue weighted by molar-refractivity contribution is 5.96. The number of aliphatic carboxylic acids is 1. The Kier molecular flexibility index (Phi) is 6.19. The Morgan fingerprint density at radius 3 is 2.33 bits per heavy atom. The molecule has 0 aliphatic carbocycles. The van der Waals surface area contributed by atoms with Gasteiger partial charge in [0.2, 0.25) is 5.91 Å². The van der Waals surface area contributed by atoms with Crippen LogP contribution in [-0.2, 0) is 9.59 Å². The zero-order valence-corrected chi connectivity index (χ0v) is 12.0. The zero-order chi connectivity index (χ0) is 15.8. The smallest absolute Gasteiger partial charge is 0.323 e. The fourth-order valence-electron chi connectivity index (χ4n) is 1.64. The Balaban J connectivity index is 2.72. The van der Waals surface area contributed by atoms with Crippen LogP contribution in [0.1, 0.15) is 12.0 Å². The van der Waals surface area contributed by atoms with Gasteiger partial charge in [-0.2, -0.15) is 0 Å². The molecule has 1 rings (SSSR count). The number of amides is 3. The van der Waals surface area contributed by atoms with Crippen LogP contribution in [0, 0.1) is 6.92 Å². The summed E-state index contributed by atoms with van der Waals surface area (Å²) >= 11 is 0. The van der Waals surface area contributed by atoms with Gasteiger partial charge in [-0.25, -0.2) is 4.79 Å². The predicted molar refractivity (Wildman–Crippen MR) is 78.2 cm³/mol. The fourth-order valence-corrected chi connectivity index (χ4v) is 1.64. The second-order valence-corrected chi connectivity index (χ2v) is 4.47. The minimum atomic E-state index is -1.11. The molecular weight excluding hydrogens is 274 g/mol. The third-order valence-electron chi connectivity index (χ3n) is 2.79. The van der Waals surface area contributed by atoms with Crippen molar-refractivity contribution in [3.63, 3.8) is 0 Å². The first-order valence-electron chi connectivity index (χ1n) is 6.48. The number of aryl methyl sites for hydroxylation is 1. The molecule has 0 aliphatic rings. The topological polar surface area (TPSA) is 98.7 Å². The number of carboxylic acid groups (broad SMARTS) is 1. The van der Waals surface area contributed by atoms with Gasteiger partial charge in [0.1, 0.15) is 6.54 Å². The van der Waals surface area contributed by atoms with E-state index in [0.29, 0.717) is 5.69 Å². The molecule has 114 valence electrons. The summed E-state index contributed by atoms with van der Waals surface area (Å²) in [4.78, 5) is 35.1. The number of carbonyl (C=O) groups excluding carboxylic acids is 2. The number of hydrogen-bond donors (Lipinski definition) is 3. The second-order valence-electron chi connectivity index (χ2n) is 4.47. The molecule has 3 N–H and O–H groups in total. The molecule has 0 atom stereocenters. The largest absolute Gasteiger partial charge is 0.480 e. The van der Waals surface area contributed by atoms with E-state index in [1.165, 1.54) is 7.05 Å². The third-order valence-corrected chi connectivity index (χ3v) is 2.79. The van der Waals surface area contributed by atoms with Crippen molar-refractivity contribution in [1.29, 1.82) is 0 Å². The van der Waals surface area contributed by atoms with Crippen molar-refractivity contribution in [2.45, 2.75) is 13.3 Å². The van der Waals surface area contributed by atoms with Gasteiger partial charge in [0.25, 0.3) is 0 Å². The summed E-state index contributed by atoms with van der Waals surface area (Å²) in [6.45, 7) is 1.59. The van der Waals surface area contributed by atoms with Crippen molar-refractivity contribution in [2.24, 2.45) is 0 Å². The number of hydrogen-bond acceptors (Lipinski definition) is 3. The average Bonchev–Trinajstić information content (AvgIpc) is 2.45. The summed E-state index contributed by atoms with van der Waals surface area (Å²) in [6.07, 6.45) is 0.136. The van der Waals surface area contributed by atoms with Crippen LogP contribution in [-0.4, -0.2) is 43.2 Å². The Morgan fingerprint density at radius 2 is 1.81 bits per heavy atom. The van der Waals surface area contributed by atoms with Crippen LogP contribution in [0.3, 0.4) is 0 Å². The molecule has 7 nitrogen and oxygen atoms in total. The van der Waals surface area contributed by atoms with E-state index in [1.807, 2.05) is 6.92 Å². The predicted octanol–water partition coefficient (Wildman–Crippen LogP) is 0.732. The lowest BCUT2D eigenvalue weighted by Crippen LogP contribution is -2.44. The van der Waals surface area contributed by atoms with Crippen molar-refractivity contribution < 1.29 is 19.5 Å². The number of anilines is 1. The third kappa shape index (κ3) is 5.52. The van der Waals surface area contributed by atoms with E-state index in [0.717, 1.165) is 10.5 Å². The summed E-state index contributed by atoms with van der Waals surface area (Å²) < 4.78 is 0. The van der Waals surface area contributed by atoms with E-state index in [-0.39, 0.29) is 18.9 Å². The Bertz CT molecular complexity index is 513. The average molecular weight is 293 g/mol. The molecule has 0 bridgehead atoms. The Hall–Kier alpha value is -2.57. The Morgan fingerprint density at radius 1 is 1.19 bits per heavy atom. The molecule has 1 aromatic rings. The molecule has 3 amide bonds. The van der Waals surface area contributed by atoms with E-state index in [9.17, 15) is 14.4 Å². The molecule has 0 radical (unpaired) electrons. The maximum atomic E-state index is 12.1. The van der Waals surface area contributed by atoms with Crippen LogP contribution >= 0.6 is 0 Å². The van der Waals surface area contributed by atoms with Crippen LogP contribution in [0.4, 0.5) is 10.5 Å². The molecular formula is C14H19N3O4. The van der Waals surface area contributed by atoms with Crippen LogP contribution in [0.5, 0.6) is 0 Å². The molecule has 0 saturated carbocycles. The van der Waals surface area contributed by atoms with Gasteiger partial charge in [-0.15, -0.1) is 0 Å². The quantitative estimate of drug-likeness (QED) is 0.720. The number of rotatable bonds is 6.